The van der Waals surface area contributed by atoms with E-state index in [1.54, 1.807) is 0 Å². The molecule has 21 heavy (non-hydrogen) atoms. The first-order chi connectivity index (χ1) is 10.2. The van der Waals surface area contributed by atoms with Crippen molar-refractivity contribution in [2.24, 2.45) is 5.92 Å². The van der Waals surface area contributed by atoms with E-state index in [1.165, 1.54) is 0 Å². The summed E-state index contributed by atoms with van der Waals surface area (Å²) in [5, 5.41) is 11.8. The molecular weight excluding hydrogens is 264 g/mol. The lowest BCUT2D eigenvalue weighted by molar-refractivity contribution is -0.142. The van der Waals surface area contributed by atoms with E-state index in [0.717, 1.165) is 35.8 Å². The van der Waals surface area contributed by atoms with Gasteiger partial charge in [0.15, 0.2) is 0 Å². The van der Waals surface area contributed by atoms with E-state index in [0.29, 0.717) is 12.8 Å². The molecule has 3 nitrogen and oxygen atoms in total. The van der Waals surface area contributed by atoms with E-state index in [4.69, 9.17) is 4.74 Å². The predicted molar refractivity (Wildman–Crippen MR) is 82.4 cm³/mol. The number of aliphatic carboxylic acids is 1. The van der Waals surface area contributed by atoms with Crippen LogP contribution < -0.4 is 0 Å². The fourth-order valence-electron chi connectivity index (χ4n) is 3.15. The quantitative estimate of drug-likeness (QED) is 0.911. The lowest BCUT2D eigenvalue weighted by Gasteiger charge is -2.17. The Bertz CT molecular complexity index is 624. The predicted octanol–water partition coefficient (Wildman–Crippen LogP) is 3.65. The van der Waals surface area contributed by atoms with Gasteiger partial charge >= 0.3 is 5.97 Å². The molecule has 0 spiro atoms. The van der Waals surface area contributed by atoms with Gasteiger partial charge in [0.2, 0.25) is 0 Å². The molecule has 1 heterocycles. The van der Waals surface area contributed by atoms with Crippen molar-refractivity contribution in [1.82, 2.24) is 0 Å². The van der Waals surface area contributed by atoms with Gasteiger partial charge in [-0.3, -0.25) is 4.79 Å². The molecule has 0 aromatic heterocycles. The molecule has 0 amide bonds. The Morgan fingerprint density at radius 2 is 2.05 bits per heavy atom. The molecule has 1 saturated heterocycles. The van der Waals surface area contributed by atoms with E-state index >= 15 is 0 Å². The highest BCUT2D eigenvalue weighted by atomic mass is 16.5. The number of carboxylic acids is 1. The van der Waals surface area contributed by atoms with Crippen LogP contribution in [0.1, 0.15) is 24.8 Å². The lowest BCUT2D eigenvalue weighted by Crippen LogP contribution is -2.22. The Hall–Kier alpha value is -1.87. The molecule has 2 atom stereocenters. The molecule has 1 aliphatic heterocycles. The summed E-state index contributed by atoms with van der Waals surface area (Å²) in [7, 11) is 0. The average Bonchev–Trinajstić information content (AvgIpc) is 3.00. The minimum absolute atomic E-state index is 0.112. The normalized spacial score (nSPS) is 19.7. The van der Waals surface area contributed by atoms with Crippen LogP contribution in [0, 0.1) is 5.92 Å². The molecule has 0 aliphatic carbocycles. The summed E-state index contributed by atoms with van der Waals surface area (Å²) < 4.78 is 5.60. The average molecular weight is 284 g/mol. The first-order valence-electron chi connectivity index (χ1n) is 7.55. The van der Waals surface area contributed by atoms with Crippen molar-refractivity contribution in [3.63, 3.8) is 0 Å². The highest BCUT2D eigenvalue weighted by Gasteiger charge is 2.26. The van der Waals surface area contributed by atoms with E-state index in [1.807, 2.05) is 24.3 Å². The van der Waals surface area contributed by atoms with Gasteiger partial charge in [-0.15, -0.1) is 0 Å². The number of hydrogen-bond acceptors (Lipinski definition) is 2. The molecule has 3 rings (SSSR count). The first-order valence-corrected chi connectivity index (χ1v) is 7.55. The molecule has 1 N–H and O–H groups in total. The van der Waals surface area contributed by atoms with Gasteiger partial charge in [-0.2, -0.15) is 0 Å². The Morgan fingerprint density at radius 3 is 2.81 bits per heavy atom. The number of rotatable bonds is 5. The third-order valence-electron chi connectivity index (χ3n) is 4.27. The second-order valence-electron chi connectivity index (χ2n) is 5.75. The summed E-state index contributed by atoms with van der Waals surface area (Å²) in [5.74, 6) is -1.10. The van der Waals surface area contributed by atoms with Gasteiger partial charge in [-0.25, -0.2) is 0 Å². The van der Waals surface area contributed by atoms with Gasteiger partial charge in [0, 0.05) is 6.61 Å². The van der Waals surface area contributed by atoms with Crippen molar-refractivity contribution >= 4 is 16.7 Å². The summed E-state index contributed by atoms with van der Waals surface area (Å²) in [6, 6.07) is 14.2. The molecule has 2 aromatic rings. The van der Waals surface area contributed by atoms with Crippen LogP contribution in [0.4, 0.5) is 0 Å². The van der Waals surface area contributed by atoms with E-state index < -0.39 is 5.97 Å². The molecule has 1 fully saturated rings. The fourth-order valence-corrected chi connectivity index (χ4v) is 3.15. The summed E-state index contributed by atoms with van der Waals surface area (Å²) in [6.45, 7) is 0.769. The maximum Gasteiger partial charge on any atom is 0.306 e. The van der Waals surface area contributed by atoms with Crippen molar-refractivity contribution < 1.29 is 14.6 Å². The lowest BCUT2D eigenvalue weighted by atomic mass is 9.90. The number of carbonyl (C=O) groups is 1. The van der Waals surface area contributed by atoms with E-state index in [9.17, 15) is 9.90 Å². The van der Waals surface area contributed by atoms with Crippen LogP contribution in [0.2, 0.25) is 0 Å². The third kappa shape index (κ3) is 3.24. The van der Waals surface area contributed by atoms with E-state index in [-0.39, 0.29) is 12.0 Å². The zero-order valence-electron chi connectivity index (χ0n) is 12.0. The van der Waals surface area contributed by atoms with Crippen molar-refractivity contribution in [3.05, 3.63) is 48.0 Å². The monoisotopic (exact) mass is 284 g/mol. The minimum atomic E-state index is -0.724. The molecule has 110 valence electrons. The van der Waals surface area contributed by atoms with Crippen LogP contribution >= 0.6 is 0 Å². The van der Waals surface area contributed by atoms with Gasteiger partial charge in [0.05, 0.1) is 12.0 Å². The minimum Gasteiger partial charge on any atom is -0.481 e. The molecule has 0 radical (unpaired) electrons. The maximum atomic E-state index is 11.6. The summed E-state index contributed by atoms with van der Waals surface area (Å²) in [4.78, 5) is 11.6. The first kappa shape index (κ1) is 14.1. The highest BCUT2D eigenvalue weighted by molar-refractivity contribution is 5.86. The van der Waals surface area contributed by atoms with Crippen molar-refractivity contribution in [3.8, 4) is 0 Å². The number of benzene rings is 2. The molecular formula is C18H20O3. The molecule has 0 saturated carbocycles. The van der Waals surface area contributed by atoms with Crippen LogP contribution in [0.25, 0.3) is 10.8 Å². The second-order valence-corrected chi connectivity index (χ2v) is 5.75. The highest BCUT2D eigenvalue weighted by Crippen LogP contribution is 2.26. The van der Waals surface area contributed by atoms with Crippen LogP contribution in [0.3, 0.4) is 0 Å². The second kappa shape index (κ2) is 6.27. The number of fused-ring (bicyclic) bond motifs is 1. The fraction of sp³-hybridized carbons (Fsp3) is 0.389. The number of ether oxygens (including phenoxy) is 1. The smallest absolute Gasteiger partial charge is 0.306 e. The van der Waals surface area contributed by atoms with Crippen molar-refractivity contribution in [2.75, 3.05) is 6.61 Å². The van der Waals surface area contributed by atoms with Crippen LogP contribution in [-0.4, -0.2) is 23.8 Å². The van der Waals surface area contributed by atoms with Crippen molar-refractivity contribution in [2.45, 2.75) is 31.8 Å². The summed E-state index contributed by atoms with van der Waals surface area (Å²) in [6.07, 6.45) is 3.32. The van der Waals surface area contributed by atoms with Gasteiger partial charge < -0.3 is 9.84 Å². The Morgan fingerprint density at radius 1 is 1.24 bits per heavy atom. The molecule has 2 aromatic carbocycles. The van der Waals surface area contributed by atoms with Crippen LogP contribution in [0.5, 0.6) is 0 Å². The summed E-state index contributed by atoms with van der Waals surface area (Å²) in [5.41, 5.74) is 1.11. The largest absolute Gasteiger partial charge is 0.481 e. The Balaban J connectivity index is 1.82. The molecule has 1 aliphatic rings. The number of carboxylic acid groups (broad SMARTS) is 1. The zero-order valence-corrected chi connectivity index (χ0v) is 12.0. The molecule has 3 heteroatoms. The standard InChI is InChI=1S/C18H20O3/c19-18(20)15(12-16-8-4-10-21-16)11-14-7-3-6-13-5-1-2-9-17(13)14/h1-3,5-7,9,15-16H,4,8,10-12H2,(H,19,20)/t15-,16+/m0/s1. The van der Waals surface area contributed by atoms with Gasteiger partial charge in [-0.1, -0.05) is 42.5 Å². The number of hydrogen-bond donors (Lipinski definition) is 1. The van der Waals surface area contributed by atoms with Crippen LogP contribution in [0.15, 0.2) is 42.5 Å². The zero-order chi connectivity index (χ0) is 14.7. The Labute approximate surface area is 124 Å². The van der Waals surface area contributed by atoms with Gasteiger partial charge in [0.25, 0.3) is 0 Å². The van der Waals surface area contributed by atoms with E-state index in [2.05, 4.69) is 18.2 Å². The van der Waals surface area contributed by atoms with Gasteiger partial charge in [0.1, 0.15) is 0 Å². The molecule has 0 unspecified atom stereocenters. The van der Waals surface area contributed by atoms with Crippen LogP contribution in [-0.2, 0) is 16.0 Å². The topological polar surface area (TPSA) is 46.5 Å². The maximum absolute atomic E-state index is 11.6. The third-order valence-corrected chi connectivity index (χ3v) is 4.27. The van der Waals surface area contributed by atoms with Gasteiger partial charge in [-0.05, 0) is 42.0 Å². The Kier molecular flexibility index (Phi) is 4.20. The van der Waals surface area contributed by atoms with Crippen molar-refractivity contribution in [1.29, 1.82) is 0 Å². The molecule has 0 bridgehead atoms. The SMILES string of the molecule is O=C(O)[C@@H](Cc1cccc2ccccc12)C[C@H]1CCCO1. The summed E-state index contributed by atoms with van der Waals surface area (Å²) >= 11 is 0.